The van der Waals surface area contributed by atoms with Gasteiger partial charge in [0.1, 0.15) is 0 Å². The third-order valence-corrected chi connectivity index (χ3v) is 5.71. The molecule has 2 fully saturated rings. The molecular formula is C21H26N4O2. The van der Waals surface area contributed by atoms with Crippen molar-refractivity contribution in [2.45, 2.75) is 32.6 Å². The first-order valence-electron chi connectivity index (χ1n) is 9.74. The van der Waals surface area contributed by atoms with Gasteiger partial charge in [-0.25, -0.2) is 0 Å². The third kappa shape index (κ3) is 3.89. The minimum Gasteiger partial charge on any atom is -0.338 e. The average molecular weight is 366 g/mol. The maximum Gasteiger partial charge on any atom is 0.266 e. The summed E-state index contributed by atoms with van der Waals surface area (Å²) in [6, 6.07) is 10.2. The van der Waals surface area contributed by atoms with Crippen LogP contribution in [0.1, 0.15) is 37.6 Å². The lowest BCUT2D eigenvalue weighted by Gasteiger charge is -2.38. The Morgan fingerprint density at radius 1 is 1.22 bits per heavy atom. The number of hydrogen-bond acceptors (Lipinski definition) is 5. The zero-order valence-electron chi connectivity index (χ0n) is 15.8. The molecule has 1 aromatic heterocycles. The molecule has 1 amide bonds. The molecule has 2 aliphatic heterocycles. The normalized spacial score (nSPS) is 19.5. The van der Waals surface area contributed by atoms with Crippen molar-refractivity contribution in [2.24, 2.45) is 5.41 Å². The fourth-order valence-corrected chi connectivity index (χ4v) is 4.06. The molecule has 2 aromatic rings. The summed E-state index contributed by atoms with van der Waals surface area (Å²) in [4.78, 5) is 21.1. The van der Waals surface area contributed by atoms with E-state index in [2.05, 4.69) is 39.3 Å². The van der Waals surface area contributed by atoms with Gasteiger partial charge in [0, 0.05) is 44.4 Å². The molecule has 0 aliphatic carbocycles. The Morgan fingerprint density at radius 3 is 2.70 bits per heavy atom. The third-order valence-electron chi connectivity index (χ3n) is 5.71. The number of carbonyl (C=O) groups excluding carboxylic acids is 1. The van der Waals surface area contributed by atoms with Gasteiger partial charge in [0.05, 0.1) is 0 Å². The lowest BCUT2D eigenvalue weighted by atomic mass is 9.78. The van der Waals surface area contributed by atoms with Gasteiger partial charge in [-0.3, -0.25) is 4.79 Å². The van der Waals surface area contributed by atoms with Crippen molar-refractivity contribution in [3.05, 3.63) is 47.9 Å². The second-order valence-corrected chi connectivity index (χ2v) is 7.59. The van der Waals surface area contributed by atoms with E-state index in [0.29, 0.717) is 24.8 Å². The minimum absolute atomic E-state index is 0.103. The van der Waals surface area contributed by atoms with Crippen LogP contribution in [0, 0.1) is 5.41 Å². The summed E-state index contributed by atoms with van der Waals surface area (Å²) in [6.07, 6.45) is 7.58. The first kappa shape index (κ1) is 17.8. The Balaban J connectivity index is 1.33. The second-order valence-electron chi connectivity index (χ2n) is 7.59. The molecular weight excluding hydrogens is 340 g/mol. The van der Waals surface area contributed by atoms with Gasteiger partial charge in [0.2, 0.25) is 11.8 Å². The van der Waals surface area contributed by atoms with Crippen molar-refractivity contribution < 1.29 is 9.32 Å². The number of hydrogen-bond donors (Lipinski definition) is 0. The largest absolute Gasteiger partial charge is 0.338 e. The number of aryl methyl sites for hydroxylation is 1. The number of rotatable bonds is 5. The summed E-state index contributed by atoms with van der Waals surface area (Å²) in [7, 11) is 0. The van der Waals surface area contributed by atoms with Crippen molar-refractivity contribution in [3.8, 4) is 0 Å². The van der Waals surface area contributed by atoms with E-state index < -0.39 is 0 Å². The first-order valence-corrected chi connectivity index (χ1v) is 9.74. The smallest absolute Gasteiger partial charge is 0.266 e. The van der Waals surface area contributed by atoms with Gasteiger partial charge in [0.15, 0.2) is 0 Å². The number of piperidine rings is 1. The summed E-state index contributed by atoms with van der Waals surface area (Å²) in [5.41, 5.74) is 1.27. The van der Waals surface area contributed by atoms with Crippen LogP contribution in [0.5, 0.6) is 0 Å². The molecule has 27 heavy (non-hydrogen) atoms. The van der Waals surface area contributed by atoms with Crippen LogP contribution >= 0.6 is 0 Å². The Kier molecular flexibility index (Phi) is 4.97. The van der Waals surface area contributed by atoms with Crippen LogP contribution in [0.4, 0.5) is 5.95 Å². The molecule has 0 N–H and O–H groups in total. The van der Waals surface area contributed by atoms with Gasteiger partial charge in [-0.1, -0.05) is 49.4 Å². The predicted octanol–water partition coefficient (Wildman–Crippen LogP) is 3.16. The number of likely N-dealkylation sites (tertiary alicyclic amines) is 1. The highest BCUT2D eigenvalue weighted by Gasteiger charge is 2.44. The van der Waals surface area contributed by atoms with Crippen molar-refractivity contribution in [3.63, 3.8) is 0 Å². The molecule has 3 heterocycles. The van der Waals surface area contributed by atoms with E-state index in [-0.39, 0.29) is 11.3 Å². The van der Waals surface area contributed by atoms with Gasteiger partial charge in [-0.15, -0.1) is 0 Å². The Labute approximate surface area is 159 Å². The Bertz CT molecular complexity index is 807. The molecule has 0 bridgehead atoms. The fraction of sp³-hybridized carbons (Fsp3) is 0.476. The number of benzene rings is 1. The summed E-state index contributed by atoms with van der Waals surface area (Å²) >= 11 is 0. The minimum atomic E-state index is 0.103. The maximum atomic E-state index is 12.5. The van der Waals surface area contributed by atoms with Gasteiger partial charge in [-0.05, 0) is 23.6 Å². The maximum absolute atomic E-state index is 12.5. The highest BCUT2D eigenvalue weighted by atomic mass is 16.5. The van der Waals surface area contributed by atoms with Crippen molar-refractivity contribution in [1.29, 1.82) is 0 Å². The quantitative estimate of drug-likeness (QED) is 0.813. The highest BCUT2D eigenvalue weighted by molar-refractivity contribution is 5.80. The van der Waals surface area contributed by atoms with E-state index in [9.17, 15) is 4.79 Å². The molecule has 4 rings (SSSR count). The zero-order valence-corrected chi connectivity index (χ0v) is 15.8. The van der Waals surface area contributed by atoms with Gasteiger partial charge in [-0.2, -0.15) is 4.98 Å². The summed E-state index contributed by atoms with van der Waals surface area (Å²) in [5.74, 6) is 1.64. The second kappa shape index (κ2) is 7.55. The number of carbonyl (C=O) groups is 1. The molecule has 1 spiro atoms. The van der Waals surface area contributed by atoms with Crippen molar-refractivity contribution in [2.75, 3.05) is 31.1 Å². The molecule has 2 saturated heterocycles. The van der Waals surface area contributed by atoms with Crippen molar-refractivity contribution in [1.82, 2.24) is 15.0 Å². The van der Waals surface area contributed by atoms with E-state index in [1.165, 1.54) is 5.56 Å². The molecule has 0 unspecified atom stereocenters. The molecule has 0 atom stereocenters. The number of aromatic nitrogens is 2. The van der Waals surface area contributed by atoms with Crippen LogP contribution in [0.3, 0.4) is 0 Å². The summed E-state index contributed by atoms with van der Waals surface area (Å²) in [5, 5.41) is 4.08. The number of amides is 1. The molecule has 1 aromatic carbocycles. The lowest BCUT2D eigenvalue weighted by Crippen LogP contribution is -2.42. The predicted molar refractivity (Wildman–Crippen MR) is 104 cm³/mol. The summed E-state index contributed by atoms with van der Waals surface area (Å²) < 4.78 is 5.23. The van der Waals surface area contributed by atoms with Crippen LogP contribution in [-0.2, 0) is 11.2 Å². The van der Waals surface area contributed by atoms with Gasteiger partial charge >= 0.3 is 0 Å². The molecule has 142 valence electrons. The topological polar surface area (TPSA) is 62.5 Å². The van der Waals surface area contributed by atoms with Crippen LogP contribution in [0.15, 0.2) is 40.9 Å². The number of nitrogens with zero attached hydrogens (tertiary/aromatic N) is 4. The molecule has 2 aliphatic rings. The molecule has 0 radical (unpaired) electrons. The Morgan fingerprint density at radius 2 is 2.00 bits per heavy atom. The SMILES string of the molecule is CCc1nc(N2CCC3(CC2)CC(=O)N(C/C=C/c2ccccc2)C3)no1. The lowest BCUT2D eigenvalue weighted by molar-refractivity contribution is -0.127. The van der Waals surface area contributed by atoms with Crippen LogP contribution in [-0.4, -0.2) is 47.1 Å². The van der Waals surface area contributed by atoms with E-state index >= 15 is 0 Å². The molecule has 6 nitrogen and oxygen atoms in total. The van der Waals surface area contributed by atoms with E-state index in [0.717, 1.165) is 38.9 Å². The van der Waals surface area contributed by atoms with Crippen LogP contribution in [0.25, 0.3) is 6.08 Å². The van der Waals surface area contributed by atoms with Crippen molar-refractivity contribution >= 4 is 17.9 Å². The molecule has 6 heteroatoms. The number of anilines is 1. The zero-order chi connectivity index (χ0) is 18.7. The molecule has 0 saturated carbocycles. The van der Waals surface area contributed by atoms with E-state index in [1.54, 1.807) is 0 Å². The standard InChI is InChI=1S/C21H26N4O2/c1-2-18-22-20(23-27-18)24-13-10-21(11-14-24)15-19(26)25(16-21)12-6-9-17-7-4-3-5-8-17/h3-9H,2,10-16H2,1H3/b9-6+. The Hall–Kier alpha value is -2.63. The monoisotopic (exact) mass is 366 g/mol. The van der Waals surface area contributed by atoms with E-state index in [4.69, 9.17) is 4.52 Å². The van der Waals surface area contributed by atoms with Gasteiger partial charge in [0.25, 0.3) is 5.95 Å². The average Bonchev–Trinajstić information content (AvgIpc) is 3.29. The summed E-state index contributed by atoms with van der Waals surface area (Å²) in [6.45, 7) is 5.30. The highest BCUT2D eigenvalue weighted by Crippen LogP contribution is 2.41. The fourth-order valence-electron chi connectivity index (χ4n) is 4.06. The van der Waals surface area contributed by atoms with Gasteiger partial charge < -0.3 is 14.3 Å². The van der Waals surface area contributed by atoms with Crippen LogP contribution in [0.2, 0.25) is 0 Å². The first-order chi connectivity index (χ1) is 13.2. The van der Waals surface area contributed by atoms with Crippen LogP contribution < -0.4 is 4.90 Å². The van der Waals surface area contributed by atoms with E-state index in [1.807, 2.05) is 30.0 Å².